The fourth-order valence-electron chi connectivity index (χ4n) is 4.46. The molecule has 0 unspecified atom stereocenters. The van der Waals surface area contributed by atoms with Crippen LogP contribution in [0.1, 0.15) is 20.7 Å². The van der Waals surface area contributed by atoms with E-state index in [1.807, 2.05) is 0 Å². The molecule has 42 heavy (non-hydrogen) atoms. The zero-order valence-electron chi connectivity index (χ0n) is 21.6. The van der Waals surface area contributed by atoms with Crippen molar-refractivity contribution in [3.05, 3.63) is 120 Å². The summed E-state index contributed by atoms with van der Waals surface area (Å²) in [5.41, 5.74) is 1.16. The van der Waals surface area contributed by atoms with E-state index in [9.17, 15) is 28.8 Å². The third-order valence-electron chi connectivity index (χ3n) is 6.55. The lowest BCUT2D eigenvalue weighted by Crippen LogP contribution is -2.29. The molecule has 0 bridgehead atoms. The number of ether oxygens (including phenoxy) is 2. The first-order valence-electron chi connectivity index (χ1n) is 12.6. The average Bonchev–Trinajstić information content (AvgIpc) is 3.51. The Kier molecular flexibility index (Phi) is 6.48. The number of hydrogen-bond donors (Lipinski definition) is 0. The number of nitrogens with zero attached hydrogens (tertiary/aromatic N) is 2. The Morgan fingerprint density at radius 3 is 1.12 bits per heavy atom. The summed E-state index contributed by atoms with van der Waals surface area (Å²) in [6.07, 6.45) is 4.72. The number of esters is 2. The monoisotopic (exact) mass is 558 g/mol. The van der Waals surface area contributed by atoms with Crippen molar-refractivity contribution in [2.75, 3.05) is 9.80 Å². The van der Waals surface area contributed by atoms with E-state index in [2.05, 4.69) is 0 Å². The molecular weight excluding hydrogens is 540 g/mol. The molecule has 0 aliphatic carbocycles. The summed E-state index contributed by atoms with van der Waals surface area (Å²) in [5.74, 6) is -2.47. The molecule has 4 aromatic rings. The highest BCUT2D eigenvalue weighted by molar-refractivity contribution is 6.28. The van der Waals surface area contributed by atoms with Gasteiger partial charge >= 0.3 is 11.9 Å². The van der Waals surface area contributed by atoms with E-state index in [1.165, 1.54) is 72.8 Å². The van der Waals surface area contributed by atoms with Gasteiger partial charge < -0.3 is 9.47 Å². The van der Waals surface area contributed by atoms with Gasteiger partial charge in [0.2, 0.25) is 0 Å². The van der Waals surface area contributed by atoms with Crippen molar-refractivity contribution in [2.24, 2.45) is 0 Å². The van der Waals surface area contributed by atoms with Gasteiger partial charge in [-0.2, -0.15) is 0 Å². The lowest BCUT2D eigenvalue weighted by Gasteiger charge is -2.14. The minimum atomic E-state index is -0.621. The Morgan fingerprint density at radius 2 is 0.786 bits per heavy atom. The maximum Gasteiger partial charge on any atom is 0.343 e. The van der Waals surface area contributed by atoms with Gasteiger partial charge in [-0.25, -0.2) is 19.4 Å². The Morgan fingerprint density at radius 1 is 0.452 bits per heavy atom. The Bertz CT molecular complexity index is 1710. The van der Waals surface area contributed by atoms with Crippen LogP contribution in [0.4, 0.5) is 11.4 Å². The van der Waals surface area contributed by atoms with Crippen molar-refractivity contribution >= 4 is 57.7 Å². The molecule has 0 aromatic heterocycles. The lowest BCUT2D eigenvalue weighted by molar-refractivity contribution is -0.121. The molecule has 0 saturated heterocycles. The molecule has 6 rings (SSSR count). The number of benzene rings is 4. The summed E-state index contributed by atoms with van der Waals surface area (Å²) >= 11 is 0. The number of amides is 4. The van der Waals surface area contributed by atoms with Gasteiger partial charge in [-0.15, -0.1) is 0 Å². The van der Waals surface area contributed by atoms with Crippen molar-refractivity contribution in [1.82, 2.24) is 0 Å². The van der Waals surface area contributed by atoms with Crippen LogP contribution in [0, 0.1) is 0 Å². The van der Waals surface area contributed by atoms with Crippen LogP contribution in [-0.2, 0) is 19.2 Å². The van der Waals surface area contributed by atoms with Crippen LogP contribution in [-0.4, -0.2) is 35.6 Å². The standard InChI is InChI=1S/C32H18N2O8/c35-27-13-14-28(36)33(27)23-7-1-19(2-8-23)31(39)41-25-11-5-22-18-26(12-6-21(22)17-25)42-32(40)20-3-9-24(10-4-20)34-29(37)15-16-30(34)38/h1-18H. The number of carbonyl (C=O) groups excluding carboxylic acids is 6. The quantitative estimate of drug-likeness (QED) is 0.196. The van der Waals surface area contributed by atoms with Gasteiger partial charge in [0, 0.05) is 24.3 Å². The maximum absolute atomic E-state index is 12.7. The SMILES string of the molecule is O=C(Oc1ccc2cc(OC(=O)c3ccc(N4C(=O)C=CC4=O)cc3)ccc2c1)c1ccc(N2C(=O)C=CC2=O)cc1. The number of imide groups is 2. The Hall–Kier alpha value is -6.16. The summed E-state index contributed by atoms with van der Waals surface area (Å²) in [4.78, 5) is 74.7. The lowest BCUT2D eigenvalue weighted by atomic mass is 10.1. The van der Waals surface area contributed by atoms with Crippen LogP contribution >= 0.6 is 0 Å². The van der Waals surface area contributed by atoms with Crippen molar-refractivity contribution < 1.29 is 38.2 Å². The van der Waals surface area contributed by atoms with E-state index < -0.39 is 35.6 Å². The van der Waals surface area contributed by atoms with Crippen molar-refractivity contribution in [1.29, 1.82) is 0 Å². The van der Waals surface area contributed by atoms with E-state index in [4.69, 9.17) is 9.47 Å². The predicted molar refractivity (Wildman–Crippen MR) is 150 cm³/mol. The smallest absolute Gasteiger partial charge is 0.343 e. The second-order valence-corrected chi connectivity index (χ2v) is 9.23. The first-order chi connectivity index (χ1) is 20.3. The fraction of sp³-hybridized carbons (Fsp3) is 0. The summed E-state index contributed by atoms with van der Waals surface area (Å²) in [6, 6.07) is 21.8. The van der Waals surface area contributed by atoms with Crippen LogP contribution in [0.5, 0.6) is 11.5 Å². The van der Waals surface area contributed by atoms with Crippen LogP contribution in [0.3, 0.4) is 0 Å². The highest BCUT2D eigenvalue weighted by atomic mass is 16.5. The first-order valence-corrected chi connectivity index (χ1v) is 12.6. The van der Waals surface area contributed by atoms with E-state index in [0.29, 0.717) is 22.9 Å². The summed E-state index contributed by atoms with van der Waals surface area (Å²) < 4.78 is 11.0. The van der Waals surface area contributed by atoms with Crippen molar-refractivity contribution in [2.45, 2.75) is 0 Å². The molecule has 204 valence electrons. The van der Waals surface area contributed by atoms with E-state index >= 15 is 0 Å². The number of carbonyl (C=O) groups is 6. The Balaban J connectivity index is 1.10. The fourth-order valence-corrected chi connectivity index (χ4v) is 4.46. The molecule has 0 N–H and O–H groups in total. The minimum absolute atomic E-state index is 0.233. The third-order valence-corrected chi connectivity index (χ3v) is 6.55. The van der Waals surface area contributed by atoms with Gasteiger partial charge in [-0.05, 0) is 83.6 Å². The number of fused-ring (bicyclic) bond motifs is 1. The second-order valence-electron chi connectivity index (χ2n) is 9.23. The topological polar surface area (TPSA) is 127 Å². The molecule has 2 aliphatic rings. The molecule has 2 aliphatic heterocycles. The number of hydrogen-bond acceptors (Lipinski definition) is 8. The van der Waals surface area contributed by atoms with E-state index in [-0.39, 0.29) is 11.1 Å². The maximum atomic E-state index is 12.7. The zero-order chi connectivity index (χ0) is 29.4. The van der Waals surface area contributed by atoms with Gasteiger partial charge in [-0.1, -0.05) is 12.1 Å². The molecule has 4 amide bonds. The molecule has 2 heterocycles. The van der Waals surface area contributed by atoms with Crippen LogP contribution < -0.4 is 19.3 Å². The minimum Gasteiger partial charge on any atom is -0.423 e. The summed E-state index contributed by atoms with van der Waals surface area (Å²) in [7, 11) is 0. The molecular formula is C32H18N2O8. The highest BCUT2D eigenvalue weighted by Gasteiger charge is 2.26. The molecule has 0 radical (unpaired) electrons. The average molecular weight is 559 g/mol. The largest absolute Gasteiger partial charge is 0.423 e. The molecule has 4 aromatic carbocycles. The molecule has 0 spiro atoms. The predicted octanol–water partition coefficient (Wildman–Crippen LogP) is 4.14. The van der Waals surface area contributed by atoms with Gasteiger partial charge in [0.15, 0.2) is 0 Å². The molecule has 0 atom stereocenters. The molecule has 0 fully saturated rings. The van der Waals surface area contributed by atoms with Gasteiger partial charge in [-0.3, -0.25) is 19.2 Å². The van der Waals surface area contributed by atoms with Gasteiger partial charge in [0.25, 0.3) is 23.6 Å². The van der Waals surface area contributed by atoms with Crippen LogP contribution in [0.15, 0.2) is 109 Å². The molecule has 0 saturated carbocycles. The van der Waals surface area contributed by atoms with Crippen molar-refractivity contribution in [3.8, 4) is 11.5 Å². The number of anilines is 2. The van der Waals surface area contributed by atoms with Crippen LogP contribution in [0.25, 0.3) is 10.8 Å². The summed E-state index contributed by atoms with van der Waals surface area (Å²) in [5, 5.41) is 1.46. The Labute approximate surface area is 237 Å². The second kappa shape index (κ2) is 10.4. The first kappa shape index (κ1) is 26.1. The third kappa shape index (κ3) is 4.95. The zero-order valence-corrected chi connectivity index (χ0v) is 21.6. The highest BCUT2D eigenvalue weighted by Crippen LogP contribution is 2.27. The number of rotatable bonds is 6. The van der Waals surface area contributed by atoms with Crippen LogP contribution in [0.2, 0.25) is 0 Å². The normalized spacial score (nSPS) is 14.3. The summed E-state index contributed by atoms with van der Waals surface area (Å²) in [6.45, 7) is 0. The van der Waals surface area contributed by atoms with Gasteiger partial charge in [0.05, 0.1) is 22.5 Å². The van der Waals surface area contributed by atoms with Gasteiger partial charge in [0.1, 0.15) is 11.5 Å². The molecule has 10 nitrogen and oxygen atoms in total. The van der Waals surface area contributed by atoms with E-state index in [0.717, 1.165) is 20.6 Å². The molecule has 10 heteroatoms. The van der Waals surface area contributed by atoms with E-state index in [1.54, 1.807) is 36.4 Å². The van der Waals surface area contributed by atoms with Crippen molar-refractivity contribution in [3.63, 3.8) is 0 Å².